The van der Waals surface area contributed by atoms with Crippen molar-refractivity contribution in [1.29, 1.82) is 0 Å². The summed E-state index contributed by atoms with van der Waals surface area (Å²) >= 11 is 0. The number of piperidine rings is 1. The monoisotopic (exact) mass is 370 g/mol. The molecular formula is C19H22N4O4. The quantitative estimate of drug-likeness (QED) is 0.866. The molecule has 2 aliphatic heterocycles. The fourth-order valence-corrected chi connectivity index (χ4v) is 3.90. The number of carbonyl (C=O) groups is 2. The number of rotatable bonds is 3. The molecule has 0 unspecified atom stereocenters. The molecule has 1 aromatic heterocycles. The molecule has 2 N–H and O–H groups in total. The molecule has 27 heavy (non-hydrogen) atoms. The van der Waals surface area contributed by atoms with E-state index in [1.165, 1.54) is 0 Å². The van der Waals surface area contributed by atoms with Gasteiger partial charge in [0.1, 0.15) is 17.2 Å². The summed E-state index contributed by atoms with van der Waals surface area (Å²) < 4.78 is 13.2. The van der Waals surface area contributed by atoms with Crippen LogP contribution in [0.1, 0.15) is 29.0 Å². The maximum Gasteiger partial charge on any atom is 0.253 e. The first-order chi connectivity index (χ1) is 13.0. The van der Waals surface area contributed by atoms with Gasteiger partial charge in [0.05, 0.1) is 13.7 Å². The Hall–Kier alpha value is -2.87. The molecule has 4 rings (SSSR count). The fourth-order valence-electron chi connectivity index (χ4n) is 3.90. The van der Waals surface area contributed by atoms with Gasteiger partial charge in [-0.2, -0.15) is 0 Å². The SMILES string of the molecule is COc1cccc(C(=O)N2CCC3(CC2)O[C@H](C(N)=O)Cn2ccnc23)c1. The Bertz CT molecular complexity index is 870. The van der Waals surface area contributed by atoms with Crippen molar-refractivity contribution in [3.05, 3.63) is 48.0 Å². The van der Waals surface area contributed by atoms with E-state index in [0.29, 0.717) is 43.8 Å². The van der Waals surface area contributed by atoms with E-state index in [9.17, 15) is 9.59 Å². The number of imidazole rings is 1. The minimum absolute atomic E-state index is 0.0469. The highest BCUT2D eigenvalue weighted by Crippen LogP contribution is 2.40. The zero-order chi connectivity index (χ0) is 19.0. The van der Waals surface area contributed by atoms with E-state index in [4.69, 9.17) is 15.2 Å². The van der Waals surface area contributed by atoms with Gasteiger partial charge in [0, 0.05) is 43.9 Å². The first-order valence-corrected chi connectivity index (χ1v) is 8.94. The van der Waals surface area contributed by atoms with Gasteiger partial charge in [-0.3, -0.25) is 9.59 Å². The summed E-state index contributed by atoms with van der Waals surface area (Å²) in [5.74, 6) is 0.919. The summed E-state index contributed by atoms with van der Waals surface area (Å²) in [6.07, 6.45) is 3.97. The van der Waals surface area contributed by atoms with Crippen molar-refractivity contribution in [3.63, 3.8) is 0 Å². The molecule has 2 amide bonds. The summed E-state index contributed by atoms with van der Waals surface area (Å²) in [4.78, 5) is 30.8. The zero-order valence-corrected chi connectivity index (χ0v) is 15.1. The molecule has 0 saturated carbocycles. The lowest BCUT2D eigenvalue weighted by atomic mass is 9.88. The molecule has 142 valence electrons. The lowest BCUT2D eigenvalue weighted by Crippen LogP contribution is -2.54. The molecule has 1 saturated heterocycles. The molecule has 3 heterocycles. The molecule has 0 aliphatic carbocycles. The summed E-state index contributed by atoms with van der Waals surface area (Å²) in [5.41, 5.74) is 5.39. The predicted molar refractivity (Wildman–Crippen MR) is 96.1 cm³/mol. The number of fused-ring (bicyclic) bond motifs is 2. The number of hydrogen-bond acceptors (Lipinski definition) is 5. The number of amides is 2. The second-order valence-electron chi connectivity index (χ2n) is 6.93. The van der Waals surface area contributed by atoms with E-state index < -0.39 is 17.6 Å². The van der Waals surface area contributed by atoms with Crippen LogP contribution in [0.25, 0.3) is 0 Å². The van der Waals surface area contributed by atoms with Crippen LogP contribution in [0.3, 0.4) is 0 Å². The molecule has 1 fully saturated rings. The van der Waals surface area contributed by atoms with E-state index in [0.717, 1.165) is 5.82 Å². The average molecular weight is 370 g/mol. The van der Waals surface area contributed by atoms with Crippen LogP contribution < -0.4 is 10.5 Å². The first-order valence-electron chi connectivity index (χ1n) is 8.94. The molecule has 8 heteroatoms. The highest BCUT2D eigenvalue weighted by molar-refractivity contribution is 5.94. The summed E-state index contributed by atoms with van der Waals surface area (Å²) in [7, 11) is 1.58. The van der Waals surface area contributed by atoms with Crippen LogP contribution in [0.2, 0.25) is 0 Å². The number of methoxy groups -OCH3 is 1. The molecule has 8 nitrogen and oxygen atoms in total. The molecule has 1 atom stereocenters. The highest BCUT2D eigenvalue weighted by atomic mass is 16.5. The standard InChI is InChI=1S/C19H22N4O4/c1-26-14-4-2-3-13(11-14)17(25)22-8-5-19(6-9-22)18-21-7-10-23(18)12-15(27-19)16(20)24/h2-4,7,10-11,15H,5-6,8-9,12H2,1H3,(H2,20,24)/t15-/m0/s1. The maximum atomic E-state index is 12.8. The number of aromatic nitrogens is 2. The van der Waals surface area contributed by atoms with Gasteiger partial charge in [0.2, 0.25) is 5.91 Å². The molecule has 2 aliphatic rings. The van der Waals surface area contributed by atoms with Crippen LogP contribution in [0.4, 0.5) is 0 Å². The predicted octanol–water partition coefficient (Wildman–Crippen LogP) is 0.907. The van der Waals surface area contributed by atoms with Gasteiger partial charge in [0.15, 0.2) is 6.10 Å². The topological polar surface area (TPSA) is 99.7 Å². The molecule has 0 bridgehead atoms. The number of carbonyl (C=O) groups excluding carboxylic acids is 2. The summed E-state index contributed by atoms with van der Waals surface area (Å²) in [5, 5.41) is 0. The van der Waals surface area contributed by atoms with Crippen LogP contribution >= 0.6 is 0 Å². The van der Waals surface area contributed by atoms with Gasteiger partial charge >= 0.3 is 0 Å². The lowest BCUT2D eigenvalue weighted by molar-refractivity contribution is -0.169. The molecule has 2 aromatic rings. The van der Waals surface area contributed by atoms with Crippen molar-refractivity contribution in [1.82, 2.24) is 14.5 Å². The Morgan fingerprint density at radius 3 is 2.81 bits per heavy atom. The van der Waals surface area contributed by atoms with E-state index in [-0.39, 0.29) is 5.91 Å². The number of nitrogens with two attached hydrogens (primary N) is 1. The first kappa shape index (κ1) is 17.5. The van der Waals surface area contributed by atoms with E-state index in [2.05, 4.69) is 4.98 Å². The molecule has 1 aromatic carbocycles. The van der Waals surface area contributed by atoms with Crippen LogP contribution in [0.5, 0.6) is 5.75 Å². The van der Waals surface area contributed by atoms with Crippen LogP contribution in [0.15, 0.2) is 36.7 Å². The smallest absolute Gasteiger partial charge is 0.253 e. The Kier molecular flexibility index (Phi) is 4.35. The maximum absolute atomic E-state index is 12.8. The van der Waals surface area contributed by atoms with E-state index >= 15 is 0 Å². The second kappa shape index (κ2) is 6.70. The van der Waals surface area contributed by atoms with Crippen LogP contribution in [-0.2, 0) is 21.7 Å². The van der Waals surface area contributed by atoms with E-state index in [1.807, 2.05) is 16.8 Å². The number of primary amides is 1. The minimum atomic E-state index is -0.688. The Morgan fingerprint density at radius 2 is 2.11 bits per heavy atom. The van der Waals surface area contributed by atoms with Gasteiger partial charge in [0.25, 0.3) is 5.91 Å². The third-order valence-electron chi connectivity index (χ3n) is 5.35. The lowest BCUT2D eigenvalue weighted by Gasteiger charge is -2.45. The van der Waals surface area contributed by atoms with Crippen molar-refractivity contribution in [2.45, 2.75) is 31.1 Å². The largest absolute Gasteiger partial charge is 0.497 e. The Morgan fingerprint density at radius 1 is 1.33 bits per heavy atom. The molecule has 1 spiro atoms. The van der Waals surface area contributed by atoms with Crippen molar-refractivity contribution in [2.24, 2.45) is 5.73 Å². The number of likely N-dealkylation sites (tertiary alicyclic amines) is 1. The Balaban J connectivity index is 1.53. The van der Waals surface area contributed by atoms with Gasteiger partial charge < -0.3 is 24.7 Å². The molecule has 0 radical (unpaired) electrons. The number of benzene rings is 1. The zero-order valence-electron chi connectivity index (χ0n) is 15.1. The van der Waals surface area contributed by atoms with Gasteiger partial charge in [-0.25, -0.2) is 4.98 Å². The third kappa shape index (κ3) is 3.06. The minimum Gasteiger partial charge on any atom is -0.497 e. The van der Waals surface area contributed by atoms with Crippen molar-refractivity contribution in [3.8, 4) is 5.75 Å². The van der Waals surface area contributed by atoms with Crippen molar-refractivity contribution in [2.75, 3.05) is 20.2 Å². The number of ether oxygens (including phenoxy) is 2. The number of nitrogens with zero attached hydrogens (tertiary/aromatic N) is 3. The highest BCUT2D eigenvalue weighted by Gasteiger charge is 2.47. The van der Waals surface area contributed by atoms with Gasteiger partial charge in [-0.1, -0.05) is 6.07 Å². The molecular weight excluding hydrogens is 348 g/mol. The van der Waals surface area contributed by atoms with Gasteiger partial charge in [-0.05, 0) is 18.2 Å². The average Bonchev–Trinajstić information content (AvgIpc) is 3.18. The second-order valence-corrected chi connectivity index (χ2v) is 6.93. The van der Waals surface area contributed by atoms with Crippen molar-refractivity contribution < 1.29 is 19.1 Å². The van der Waals surface area contributed by atoms with Crippen molar-refractivity contribution >= 4 is 11.8 Å². The normalized spacial score (nSPS) is 20.9. The van der Waals surface area contributed by atoms with E-state index in [1.54, 1.807) is 36.4 Å². The Labute approximate surface area is 156 Å². The van der Waals surface area contributed by atoms with Crippen LogP contribution in [-0.4, -0.2) is 52.6 Å². The van der Waals surface area contributed by atoms with Gasteiger partial charge in [-0.15, -0.1) is 0 Å². The summed E-state index contributed by atoms with van der Waals surface area (Å²) in [6, 6.07) is 7.12. The fraction of sp³-hybridized carbons (Fsp3) is 0.421. The van der Waals surface area contributed by atoms with Crippen LogP contribution in [0, 0.1) is 0 Å². The number of hydrogen-bond donors (Lipinski definition) is 1. The summed E-state index contributed by atoms with van der Waals surface area (Å²) in [6.45, 7) is 1.39. The third-order valence-corrected chi connectivity index (χ3v) is 5.35.